The Bertz CT molecular complexity index is 660. The molecule has 0 radical (unpaired) electrons. The van der Waals surface area contributed by atoms with Gasteiger partial charge in [-0.05, 0) is 36.2 Å². The number of β-amino-alcohol motifs (C(OH)–C–C–N with tert-alkyl or cyclic N) is 1. The molecule has 2 heterocycles. The molecule has 23 heavy (non-hydrogen) atoms. The first kappa shape index (κ1) is 16.1. The van der Waals surface area contributed by atoms with Gasteiger partial charge in [-0.1, -0.05) is 12.1 Å². The molecule has 3 rings (SSSR count). The van der Waals surface area contributed by atoms with Crippen LogP contribution in [0, 0.1) is 5.82 Å². The summed E-state index contributed by atoms with van der Waals surface area (Å²) in [4.78, 5) is 16.1. The zero-order valence-electron chi connectivity index (χ0n) is 12.9. The molecule has 1 aliphatic rings. The van der Waals surface area contributed by atoms with Crippen molar-refractivity contribution >= 4 is 17.2 Å². The molecule has 0 aliphatic carbocycles. The number of nitrogens with zero attached hydrogens (tertiary/aromatic N) is 2. The van der Waals surface area contributed by atoms with E-state index in [2.05, 4.69) is 0 Å². The Morgan fingerprint density at radius 2 is 2.09 bits per heavy atom. The van der Waals surface area contributed by atoms with Gasteiger partial charge in [-0.25, -0.2) is 4.39 Å². The van der Waals surface area contributed by atoms with Crippen LogP contribution in [0.5, 0.6) is 0 Å². The van der Waals surface area contributed by atoms with Gasteiger partial charge >= 0.3 is 0 Å². The van der Waals surface area contributed by atoms with Crippen molar-refractivity contribution in [1.82, 2.24) is 9.80 Å². The minimum atomic E-state index is -0.581. The Morgan fingerprint density at radius 1 is 1.35 bits per heavy atom. The largest absolute Gasteiger partial charge is 0.390 e. The van der Waals surface area contributed by atoms with E-state index in [1.807, 2.05) is 22.7 Å². The highest BCUT2D eigenvalue weighted by Crippen LogP contribution is 2.20. The molecule has 1 amide bonds. The maximum absolute atomic E-state index is 13.0. The molecule has 1 saturated heterocycles. The van der Waals surface area contributed by atoms with Crippen molar-refractivity contribution in [3.05, 3.63) is 58.0 Å². The summed E-state index contributed by atoms with van der Waals surface area (Å²) in [5.74, 6) is -0.298. The van der Waals surface area contributed by atoms with E-state index in [4.69, 9.17) is 0 Å². The Labute approximate surface area is 138 Å². The van der Waals surface area contributed by atoms with Crippen molar-refractivity contribution < 1.29 is 14.3 Å². The summed E-state index contributed by atoms with van der Waals surface area (Å²) in [7, 11) is 1.91. The highest BCUT2D eigenvalue weighted by Gasteiger charge is 2.36. The molecule has 0 spiro atoms. The number of likely N-dealkylation sites (N-methyl/N-ethyl adjacent to an activating group) is 1. The van der Waals surface area contributed by atoms with E-state index in [-0.39, 0.29) is 17.8 Å². The molecule has 122 valence electrons. The molecule has 0 saturated carbocycles. The minimum Gasteiger partial charge on any atom is -0.390 e. The fraction of sp³-hybridized carbons (Fsp3) is 0.353. The molecular formula is C17H19FN2O2S. The maximum Gasteiger partial charge on any atom is 0.254 e. The number of amides is 1. The van der Waals surface area contributed by atoms with Gasteiger partial charge in [0, 0.05) is 25.0 Å². The van der Waals surface area contributed by atoms with E-state index in [9.17, 15) is 14.3 Å². The van der Waals surface area contributed by atoms with Gasteiger partial charge < -0.3 is 10.0 Å². The number of hydrogen-bond donors (Lipinski definition) is 1. The molecule has 2 atom stereocenters. The van der Waals surface area contributed by atoms with Crippen LogP contribution in [0.3, 0.4) is 0 Å². The van der Waals surface area contributed by atoms with Gasteiger partial charge in [-0.15, -0.1) is 0 Å². The highest BCUT2D eigenvalue weighted by molar-refractivity contribution is 7.08. The lowest BCUT2D eigenvalue weighted by Gasteiger charge is -2.26. The quantitative estimate of drug-likeness (QED) is 0.932. The Morgan fingerprint density at radius 3 is 2.74 bits per heavy atom. The number of aliphatic hydroxyl groups excluding tert-OH is 1. The number of benzene rings is 1. The monoisotopic (exact) mass is 334 g/mol. The third-order valence-corrected chi connectivity index (χ3v) is 4.91. The summed E-state index contributed by atoms with van der Waals surface area (Å²) in [5, 5.41) is 14.0. The van der Waals surface area contributed by atoms with Crippen molar-refractivity contribution in [3.63, 3.8) is 0 Å². The topological polar surface area (TPSA) is 43.8 Å². The number of carbonyl (C=O) groups is 1. The van der Waals surface area contributed by atoms with E-state index in [1.54, 1.807) is 23.1 Å². The van der Waals surface area contributed by atoms with Crippen LogP contribution in [0.25, 0.3) is 0 Å². The highest BCUT2D eigenvalue weighted by atomic mass is 32.1. The van der Waals surface area contributed by atoms with E-state index in [1.165, 1.54) is 23.5 Å². The number of halogens is 1. The zero-order valence-corrected chi connectivity index (χ0v) is 13.7. The van der Waals surface area contributed by atoms with E-state index in [0.717, 1.165) is 5.56 Å². The fourth-order valence-electron chi connectivity index (χ4n) is 2.93. The van der Waals surface area contributed by atoms with Crippen molar-refractivity contribution in [2.75, 3.05) is 20.1 Å². The molecule has 1 aromatic carbocycles. The predicted octanol–water partition coefficient (Wildman–Crippen LogP) is 2.20. The Kier molecular flexibility index (Phi) is 4.75. The second kappa shape index (κ2) is 6.78. The van der Waals surface area contributed by atoms with Crippen molar-refractivity contribution in [2.45, 2.75) is 18.7 Å². The van der Waals surface area contributed by atoms with Crippen LogP contribution in [0.4, 0.5) is 4.39 Å². The van der Waals surface area contributed by atoms with Gasteiger partial charge in [-0.3, -0.25) is 9.69 Å². The number of thiophene rings is 1. The number of hydrogen-bond acceptors (Lipinski definition) is 4. The lowest BCUT2D eigenvalue weighted by molar-refractivity contribution is 0.0763. The minimum absolute atomic E-state index is 0.0389. The lowest BCUT2D eigenvalue weighted by atomic mass is 10.1. The lowest BCUT2D eigenvalue weighted by Crippen LogP contribution is -2.40. The van der Waals surface area contributed by atoms with E-state index in [0.29, 0.717) is 25.2 Å². The zero-order chi connectivity index (χ0) is 16.4. The second-order valence-electron chi connectivity index (χ2n) is 5.90. The first-order valence-electron chi connectivity index (χ1n) is 7.49. The number of likely N-dealkylation sites (tertiary alicyclic amines) is 1. The summed E-state index contributed by atoms with van der Waals surface area (Å²) in [6, 6.07) is 8.02. The first-order valence-corrected chi connectivity index (χ1v) is 8.43. The van der Waals surface area contributed by atoms with Gasteiger partial charge in [-0.2, -0.15) is 11.3 Å². The van der Waals surface area contributed by atoms with E-state index >= 15 is 0 Å². The first-order chi connectivity index (χ1) is 11.0. The second-order valence-corrected chi connectivity index (χ2v) is 6.68. The molecule has 1 aliphatic heterocycles. The average Bonchev–Trinajstić information content (AvgIpc) is 3.18. The fourth-order valence-corrected chi connectivity index (χ4v) is 3.56. The average molecular weight is 334 g/mol. The summed E-state index contributed by atoms with van der Waals surface area (Å²) in [6.45, 7) is 1.43. The Hall–Kier alpha value is -1.76. The van der Waals surface area contributed by atoms with Gasteiger partial charge in [0.25, 0.3) is 5.91 Å². The molecule has 0 bridgehead atoms. The van der Waals surface area contributed by atoms with Crippen LogP contribution in [0.1, 0.15) is 15.9 Å². The van der Waals surface area contributed by atoms with E-state index < -0.39 is 6.10 Å². The SMILES string of the molecule is CN(Cc1ccc(F)cc1)[C@@H]1CN(C(=O)c2ccsc2)C[C@H]1O. The summed E-state index contributed by atoms with van der Waals surface area (Å²) in [6.07, 6.45) is -0.581. The van der Waals surface area contributed by atoms with Crippen LogP contribution in [0.2, 0.25) is 0 Å². The van der Waals surface area contributed by atoms with Crippen molar-refractivity contribution in [1.29, 1.82) is 0 Å². The van der Waals surface area contributed by atoms with Crippen LogP contribution >= 0.6 is 11.3 Å². The molecule has 6 heteroatoms. The van der Waals surface area contributed by atoms with Gasteiger partial charge in [0.1, 0.15) is 5.82 Å². The molecule has 2 aromatic rings. The summed E-state index contributed by atoms with van der Waals surface area (Å²) >= 11 is 1.49. The third kappa shape index (κ3) is 3.60. The summed E-state index contributed by atoms with van der Waals surface area (Å²) in [5.41, 5.74) is 1.65. The number of rotatable bonds is 4. The van der Waals surface area contributed by atoms with Crippen LogP contribution < -0.4 is 0 Å². The van der Waals surface area contributed by atoms with Crippen LogP contribution in [0.15, 0.2) is 41.1 Å². The van der Waals surface area contributed by atoms with Gasteiger partial charge in [0.2, 0.25) is 0 Å². The molecule has 1 aromatic heterocycles. The third-order valence-electron chi connectivity index (χ3n) is 4.23. The van der Waals surface area contributed by atoms with Crippen molar-refractivity contribution in [2.24, 2.45) is 0 Å². The van der Waals surface area contributed by atoms with Gasteiger partial charge in [0.15, 0.2) is 0 Å². The van der Waals surface area contributed by atoms with Gasteiger partial charge in [0.05, 0.1) is 17.7 Å². The summed E-state index contributed by atoms with van der Waals surface area (Å²) < 4.78 is 13.0. The molecule has 0 unspecified atom stereocenters. The maximum atomic E-state index is 13.0. The van der Waals surface area contributed by atoms with Crippen LogP contribution in [-0.2, 0) is 6.54 Å². The molecule has 1 fully saturated rings. The number of carbonyl (C=O) groups excluding carboxylic acids is 1. The molecule has 1 N–H and O–H groups in total. The Balaban J connectivity index is 1.64. The number of aliphatic hydroxyl groups is 1. The molecular weight excluding hydrogens is 315 g/mol. The van der Waals surface area contributed by atoms with Crippen LogP contribution in [-0.4, -0.2) is 53.1 Å². The predicted molar refractivity (Wildman–Crippen MR) is 87.9 cm³/mol. The smallest absolute Gasteiger partial charge is 0.254 e. The molecule has 4 nitrogen and oxygen atoms in total. The normalized spacial score (nSPS) is 21.1. The standard InChI is InChI=1S/C17H19FN2O2S/c1-19(8-12-2-4-14(18)5-3-12)15-9-20(10-16(15)21)17(22)13-6-7-23-11-13/h2-7,11,15-16,21H,8-10H2,1H3/t15-,16-/m1/s1. The van der Waals surface area contributed by atoms with Crippen molar-refractivity contribution in [3.8, 4) is 0 Å².